The number of likely N-dealkylation sites (tertiary alicyclic amines) is 1. The molecule has 3 rings (SSSR count). The molecule has 2 fully saturated rings. The topological polar surface area (TPSA) is 82.9 Å². The Morgan fingerprint density at radius 2 is 1.72 bits per heavy atom. The predicted molar refractivity (Wildman–Crippen MR) is 107 cm³/mol. The van der Waals surface area contributed by atoms with E-state index in [1.54, 1.807) is 17.0 Å². The van der Waals surface area contributed by atoms with E-state index in [9.17, 15) is 9.59 Å². The number of morpholine rings is 1. The van der Waals surface area contributed by atoms with Gasteiger partial charge in [0, 0.05) is 32.1 Å². The van der Waals surface area contributed by atoms with Crippen molar-refractivity contribution >= 4 is 11.8 Å². The van der Waals surface area contributed by atoms with E-state index in [2.05, 4.69) is 6.07 Å². The molecule has 7 heteroatoms. The van der Waals surface area contributed by atoms with Crippen molar-refractivity contribution < 1.29 is 19.1 Å². The summed E-state index contributed by atoms with van der Waals surface area (Å²) in [6.45, 7) is 6.41. The molecule has 0 radical (unpaired) electrons. The molecule has 0 spiro atoms. The number of hydrogen-bond donors (Lipinski definition) is 0. The van der Waals surface area contributed by atoms with E-state index in [0.717, 1.165) is 5.56 Å². The van der Waals surface area contributed by atoms with Gasteiger partial charge < -0.3 is 19.3 Å². The van der Waals surface area contributed by atoms with E-state index < -0.39 is 0 Å². The van der Waals surface area contributed by atoms with Crippen LogP contribution >= 0.6 is 0 Å². The normalized spacial score (nSPS) is 22.8. The van der Waals surface area contributed by atoms with Crippen molar-refractivity contribution in [1.29, 1.82) is 5.26 Å². The Morgan fingerprint density at radius 1 is 1.10 bits per heavy atom. The standard InChI is InChI=1S/C22H29N3O4/c1-16-13-25(14-17(2)29-16)22(27)19-8-11-24(12-9-19)21(26)15-28-20-5-3-18(4-6-20)7-10-23/h3-6,16-17,19H,7-9,11-15H2,1-2H3. The van der Waals surface area contributed by atoms with Gasteiger partial charge in [-0.05, 0) is 44.4 Å². The third-order valence-corrected chi connectivity index (χ3v) is 5.50. The van der Waals surface area contributed by atoms with E-state index in [-0.39, 0.29) is 36.5 Å². The highest BCUT2D eigenvalue weighted by atomic mass is 16.5. The molecule has 2 saturated heterocycles. The minimum atomic E-state index is -0.0642. The van der Waals surface area contributed by atoms with Crippen LogP contribution in [0, 0.1) is 17.2 Å². The molecule has 2 aliphatic rings. The van der Waals surface area contributed by atoms with E-state index in [4.69, 9.17) is 14.7 Å². The molecular weight excluding hydrogens is 370 g/mol. The molecule has 7 nitrogen and oxygen atoms in total. The Hall–Kier alpha value is -2.59. The molecule has 0 aliphatic carbocycles. The summed E-state index contributed by atoms with van der Waals surface area (Å²) in [5.41, 5.74) is 0.918. The quantitative estimate of drug-likeness (QED) is 0.756. The highest BCUT2D eigenvalue weighted by Crippen LogP contribution is 2.22. The fraction of sp³-hybridized carbons (Fsp3) is 0.591. The Balaban J connectivity index is 1.43. The predicted octanol–water partition coefficient (Wildman–Crippen LogP) is 2.01. The van der Waals surface area contributed by atoms with Gasteiger partial charge in [0.15, 0.2) is 6.61 Å². The molecule has 2 amide bonds. The average Bonchev–Trinajstić information content (AvgIpc) is 2.72. The first-order valence-electron chi connectivity index (χ1n) is 10.3. The number of ether oxygens (including phenoxy) is 2. The Morgan fingerprint density at radius 3 is 2.31 bits per heavy atom. The lowest BCUT2D eigenvalue weighted by Crippen LogP contribution is -2.52. The molecule has 156 valence electrons. The van der Waals surface area contributed by atoms with Gasteiger partial charge in [0.05, 0.1) is 24.7 Å². The molecule has 2 unspecified atom stereocenters. The van der Waals surface area contributed by atoms with Gasteiger partial charge in [-0.3, -0.25) is 9.59 Å². The second-order valence-electron chi connectivity index (χ2n) is 7.92. The van der Waals surface area contributed by atoms with Crippen molar-refractivity contribution in [3.8, 4) is 11.8 Å². The third-order valence-electron chi connectivity index (χ3n) is 5.50. The maximum atomic E-state index is 12.8. The summed E-state index contributed by atoms with van der Waals surface area (Å²) in [6, 6.07) is 9.30. The number of carbonyl (C=O) groups excluding carboxylic acids is 2. The van der Waals surface area contributed by atoms with Crippen LogP contribution < -0.4 is 4.74 Å². The number of nitriles is 1. The van der Waals surface area contributed by atoms with Gasteiger partial charge in [0.1, 0.15) is 5.75 Å². The molecule has 2 heterocycles. The van der Waals surface area contributed by atoms with Gasteiger partial charge in [0.2, 0.25) is 5.91 Å². The van der Waals surface area contributed by atoms with Crippen LogP contribution in [0.2, 0.25) is 0 Å². The molecule has 2 atom stereocenters. The fourth-order valence-corrected chi connectivity index (χ4v) is 4.02. The molecular formula is C22H29N3O4. The lowest BCUT2D eigenvalue weighted by atomic mass is 9.94. The van der Waals surface area contributed by atoms with Crippen LogP contribution in [0.3, 0.4) is 0 Å². The maximum absolute atomic E-state index is 12.8. The van der Waals surface area contributed by atoms with Crippen molar-refractivity contribution in [1.82, 2.24) is 9.80 Å². The number of rotatable bonds is 5. The van der Waals surface area contributed by atoms with Crippen molar-refractivity contribution in [2.75, 3.05) is 32.8 Å². The summed E-state index contributed by atoms with van der Waals surface area (Å²) < 4.78 is 11.3. The molecule has 0 aromatic heterocycles. The van der Waals surface area contributed by atoms with Crippen LogP contribution in [-0.2, 0) is 20.7 Å². The second-order valence-corrected chi connectivity index (χ2v) is 7.92. The Labute approximate surface area is 172 Å². The van der Waals surface area contributed by atoms with E-state index in [1.165, 1.54) is 0 Å². The monoisotopic (exact) mass is 399 g/mol. The lowest BCUT2D eigenvalue weighted by Gasteiger charge is -2.39. The molecule has 29 heavy (non-hydrogen) atoms. The fourth-order valence-electron chi connectivity index (χ4n) is 4.02. The second kappa shape index (κ2) is 9.75. The first-order valence-corrected chi connectivity index (χ1v) is 10.3. The third kappa shape index (κ3) is 5.70. The summed E-state index contributed by atoms with van der Waals surface area (Å²) in [5.74, 6) is 0.712. The van der Waals surface area contributed by atoms with Crippen LogP contribution in [0.1, 0.15) is 32.3 Å². The summed E-state index contributed by atoms with van der Waals surface area (Å²) >= 11 is 0. The lowest BCUT2D eigenvalue weighted by molar-refractivity contribution is -0.150. The Bertz CT molecular complexity index is 740. The van der Waals surface area contributed by atoms with Crippen molar-refractivity contribution in [3.05, 3.63) is 29.8 Å². The summed E-state index contributed by atoms with van der Waals surface area (Å²) in [5, 5.41) is 8.70. The molecule has 1 aromatic rings. The average molecular weight is 399 g/mol. The SMILES string of the molecule is CC1CN(C(=O)C2CCN(C(=O)COc3ccc(CC#N)cc3)CC2)CC(C)O1. The molecule has 2 aliphatic heterocycles. The number of hydrogen-bond acceptors (Lipinski definition) is 5. The molecule has 0 bridgehead atoms. The van der Waals surface area contributed by atoms with Gasteiger partial charge in [-0.2, -0.15) is 5.26 Å². The minimum absolute atomic E-state index is 0.0191. The van der Waals surface area contributed by atoms with E-state index in [1.807, 2.05) is 30.9 Å². The summed E-state index contributed by atoms with van der Waals surface area (Å²) in [7, 11) is 0. The molecule has 0 saturated carbocycles. The van der Waals surface area contributed by atoms with Crippen LogP contribution in [0.5, 0.6) is 5.75 Å². The smallest absolute Gasteiger partial charge is 0.260 e. The van der Waals surface area contributed by atoms with Crippen molar-refractivity contribution in [3.63, 3.8) is 0 Å². The van der Waals surface area contributed by atoms with Gasteiger partial charge in [-0.1, -0.05) is 12.1 Å². The van der Waals surface area contributed by atoms with E-state index >= 15 is 0 Å². The number of benzene rings is 1. The largest absolute Gasteiger partial charge is 0.484 e. The van der Waals surface area contributed by atoms with Crippen LogP contribution in [0.25, 0.3) is 0 Å². The first kappa shape index (κ1) is 21.1. The Kier molecular flexibility index (Phi) is 7.10. The maximum Gasteiger partial charge on any atom is 0.260 e. The summed E-state index contributed by atoms with van der Waals surface area (Å²) in [4.78, 5) is 29.0. The zero-order valence-electron chi connectivity index (χ0n) is 17.2. The zero-order valence-corrected chi connectivity index (χ0v) is 17.2. The van der Waals surface area contributed by atoms with Gasteiger partial charge in [0.25, 0.3) is 5.91 Å². The van der Waals surface area contributed by atoms with Gasteiger partial charge in [-0.25, -0.2) is 0 Å². The highest BCUT2D eigenvalue weighted by molar-refractivity contribution is 5.81. The van der Waals surface area contributed by atoms with Crippen LogP contribution in [0.4, 0.5) is 0 Å². The van der Waals surface area contributed by atoms with Gasteiger partial charge in [-0.15, -0.1) is 0 Å². The minimum Gasteiger partial charge on any atom is -0.484 e. The molecule has 0 N–H and O–H groups in total. The molecule has 1 aromatic carbocycles. The van der Waals surface area contributed by atoms with Crippen LogP contribution in [0.15, 0.2) is 24.3 Å². The zero-order chi connectivity index (χ0) is 20.8. The highest BCUT2D eigenvalue weighted by Gasteiger charge is 2.33. The van der Waals surface area contributed by atoms with E-state index in [0.29, 0.717) is 51.2 Å². The van der Waals surface area contributed by atoms with Crippen LogP contribution in [-0.4, -0.2) is 66.6 Å². The number of amides is 2. The van der Waals surface area contributed by atoms with Crippen molar-refractivity contribution in [2.45, 2.75) is 45.3 Å². The summed E-state index contributed by atoms with van der Waals surface area (Å²) in [6.07, 6.45) is 1.86. The number of piperidine rings is 1. The van der Waals surface area contributed by atoms with Crippen molar-refractivity contribution in [2.24, 2.45) is 5.92 Å². The first-order chi connectivity index (χ1) is 14.0. The number of nitrogens with zero attached hydrogens (tertiary/aromatic N) is 3. The van der Waals surface area contributed by atoms with Gasteiger partial charge >= 0.3 is 0 Å². The number of carbonyl (C=O) groups is 2.